The van der Waals surface area contributed by atoms with Crippen LogP contribution >= 0.6 is 0 Å². The lowest BCUT2D eigenvalue weighted by Crippen LogP contribution is -2.20. The summed E-state index contributed by atoms with van der Waals surface area (Å²) in [5, 5.41) is 17.1. The average Bonchev–Trinajstić information content (AvgIpc) is 2.39. The molecular formula is C8H18O4. The van der Waals surface area contributed by atoms with E-state index in [1.807, 2.05) is 0 Å². The highest BCUT2D eigenvalue weighted by Crippen LogP contribution is 2.07. The topological polar surface area (TPSA) is 58.9 Å². The summed E-state index contributed by atoms with van der Waals surface area (Å²) in [6.45, 7) is 3.89. The van der Waals surface area contributed by atoms with Crippen molar-refractivity contribution in [2.75, 3.05) is 13.7 Å². The molecule has 12 heavy (non-hydrogen) atoms. The Morgan fingerprint density at radius 2 is 2.00 bits per heavy atom. The minimum atomic E-state index is -0.958. The number of aliphatic hydroxyl groups excluding tert-OH is 1. The van der Waals surface area contributed by atoms with Gasteiger partial charge in [-0.05, 0) is 20.3 Å². The fraction of sp³-hybridized carbons (Fsp3) is 1.00. The maximum Gasteiger partial charge on any atom is 0.159 e. The Morgan fingerprint density at radius 1 is 1.50 bits per heavy atom. The highest BCUT2D eigenvalue weighted by molar-refractivity contribution is 4.49. The Balaban J connectivity index is 0.000000202. The Bertz CT molecular complexity index is 102. The van der Waals surface area contributed by atoms with Crippen molar-refractivity contribution < 1.29 is 19.7 Å². The molecule has 1 aliphatic heterocycles. The van der Waals surface area contributed by atoms with Crippen LogP contribution in [0.1, 0.15) is 26.7 Å². The second-order valence-corrected chi connectivity index (χ2v) is 3.12. The molecule has 1 rings (SSSR count). The number of aliphatic hydroxyl groups is 2. The average molecular weight is 178 g/mol. The van der Waals surface area contributed by atoms with Crippen LogP contribution in [0.15, 0.2) is 0 Å². The van der Waals surface area contributed by atoms with Gasteiger partial charge in [0.15, 0.2) is 12.1 Å². The van der Waals surface area contributed by atoms with Crippen LogP contribution in [-0.2, 0) is 9.47 Å². The first kappa shape index (κ1) is 11.8. The summed E-state index contributed by atoms with van der Waals surface area (Å²) in [5.41, 5.74) is 0. The van der Waals surface area contributed by atoms with Crippen molar-refractivity contribution in [1.29, 1.82) is 0 Å². The number of hydrogen-bond acceptors (Lipinski definition) is 4. The predicted octanol–water partition coefficient (Wildman–Crippen LogP) is 0.476. The van der Waals surface area contributed by atoms with E-state index in [-0.39, 0.29) is 0 Å². The van der Waals surface area contributed by atoms with Crippen LogP contribution in [0.3, 0.4) is 0 Å². The Hall–Kier alpha value is -0.160. The third-order valence-electron chi connectivity index (χ3n) is 1.41. The largest absolute Gasteiger partial charge is 0.368 e. The molecule has 1 unspecified atom stereocenters. The molecule has 2 N–H and O–H groups in total. The van der Waals surface area contributed by atoms with E-state index in [4.69, 9.17) is 14.9 Å². The van der Waals surface area contributed by atoms with E-state index in [1.165, 1.54) is 7.11 Å². The van der Waals surface area contributed by atoms with Crippen LogP contribution in [0.25, 0.3) is 0 Å². The van der Waals surface area contributed by atoms with Crippen LogP contribution in [0.2, 0.25) is 0 Å². The molecule has 0 radical (unpaired) electrons. The molecule has 74 valence electrons. The van der Waals surface area contributed by atoms with Crippen molar-refractivity contribution in [1.82, 2.24) is 0 Å². The van der Waals surface area contributed by atoms with Crippen LogP contribution < -0.4 is 0 Å². The summed E-state index contributed by atoms with van der Waals surface area (Å²) in [6, 6.07) is 0. The summed E-state index contributed by atoms with van der Waals surface area (Å²) < 4.78 is 9.20. The van der Waals surface area contributed by atoms with Gasteiger partial charge in [-0.3, -0.25) is 0 Å². The molecule has 1 heterocycles. The summed E-state index contributed by atoms with van der Waals surface area (Å²) in [7, 11) is 1.46. The monoisotopic (exact) mass is 178 g/mol. The fourth-order valence-electron chi connectivity index (χ4n) is 0.561. The number of ether oxygens (including phenoxy) is 2. The molecule has 4 nitrogen and oxygen atoms in total. The summed E-state index contributed by atoms with van der Waals surface area (Å²) in [6.07, 6.45) is 1.38. The lowest BCUT2D eigenvalue weighted by atomic mass is 10.4. The van der Waals surface area contributed by atoms with Crippen LogP contribution in [0, 0.1) is 0 Å². The quantitative estimate of drug-likeness (QED) is 0.573. The van der Waals surface area contributed by atoms with Crippen LogP contribution in [-0.4, -0.2) is 36.0 Å². The molecule has 0 aromatic heterocycles. The molecule has 1 saturated heterocycles. The third-order valence-corrected chi connectivity index (χ3v) is 1.41. The molecule has 0 aliphatic carbocycles. The third kappa shape index (κ3) is 7.94. The second kappa shape index (κ2) is 5.48. The normalized spacial score (nSPS) is 23.2. The fourth-order valence-corrected chi connectivity index (χ4v) is 0.561. The van der Waals surface area contributed by atoms with E-state index in [0.29, 0.717) is 0 Å². The maximum absolute atomic E-state index is 8.60. The van der Waals surface area contributed by atoms with E-state index < -0.39 is 12.1 Å². The van der Waals surface area contributed by atoms with Crippen LogP contribution in [0.4, 0.5) is 0 Å². The van der Waals surface area contributed by atoms with Crippen molar-refractivity contribution in [2.45, 2.75) is 38.8 Å². The number of hydrogen-bond donors (Lipinski definition) is 2. The molecule has 0 aromatic carbocycles. The Kier molecular flexibility index (Phi) is 5.41. The van der Waals surface area contributed by atoms with Gasteiger partial charge in [0.05, 0.1) is 0 Å². The SMILES string of the molecule is COC(C)(C)O.OC1CCCO1. The van der Waals surface area contributed by atoms with Gasteiger partial charge >= 0.3 is 0 Å². The van der Waals surface area contributed by atoms with Gasteiger partial charge < -0.3 is 19.7 Å². The first-order valence-electron chi connectivity index (χ1n) is 4.03. The summed E-state index contributed by atoms with van der Waals surface area (Å²) in [5.74, 6) is -0.958. The van der Waals surface area contributed by atoms with Gasteiger partial charge in [0, 0.05) is 20.1 Å². The summed E-state index contributed by atoms with van der Waals surface area (Å²) in [4.78, 5) is 0. The molecule has 0 bridgehead atoms. The minimum absolute atomic E-state index is 0.454. The molecular weight excluding hydrogens is 160 g/mol. The van der Waals surface area contributed by atoms with E-state index in [9.17, 15) is 0 Å². The zero-order chi connectivity index (χ0) is 9.61. The van der Waals surface area contributed by atoms with Crippen molar-refractivity contribution in [3.05, 3.63) is 0 Å². The van der Waals surface area contributed by atoms with Crippen molar-refractivity contribution in [2.24, 2.45) is 0 Å². The Labute approximate surface area is 73.1 Å². The molecule has 1 aliphatic rings. The van der Waals surface area contributed by atoms with E-state index in [0.717, 1.165) is 19.4 Å². The lowest BCUT2D eigenvalue weighted by Gasteiger charge is -2.12. The highest BCUT2D eigenvalue weighted by Gasteiger charge is 2.09. The zero-order valence-corrected chi connectivity index (χ0v) is 7.91. The predicted molar refractivity (Wildman–Crippen MR) is 44.5 cm³/mol. The van der Waals surface area contributed by atoms with Gasteiger partial charge in [-0.25, -0.2) is 0 Å². The van der Waals surface area contributed by atoms with Gasteiger partial charge in [0.2, 0.25) is 0 Å². The standard InChI is InChI=1S/C4H8O2.C4H10O2/c5-4-2-1-3-6-4;1-4(2,5)6-3/h4-5H,1-3H2;5H,1-3H3. The molecule has 0 amide bonds. The molecule has 0 saturated carbocycles. The van der Waals surface area contributed by atoms with Crippen molar-refractivity contribution >= 4 is 0 Å². The van der Waals surface area contributed by atoms with E-state index in [1.54, 1.807) is 13.8 Å². The molecule has 1 atom stereocenters. The summed E-state index contributed by atoms with van der Waals surface area (Å²) >= 11 is 0. The maximum atomic E-state index is 8.60. The van der Waals surface area contributed by atoms with E-state index >= 15 is 0 Å². The minimum Gasteiger partial charge on any atom is -0.368 e. The first-order valence-corrected chi connectivity index (χ1v) is 4.03. The lowest BCUT2D eigenvalue weighted by molar-refractivity contribution is -0.155. The zero-order valence-electron chi connectivity index (χ0n) is 7.91. The Morgan fingerprint density at radius 3 is 2.08 bits per heavy atom. The number of rotatable bonds is 1. The van der Waals surface area contributed by atoms with Crippen molar-refractivity contribution in [3.63, 3.8) is 0 Å². The van der Waals surface area contributed by atoms with Gasteiger partial charge in [0.25, 0.3) is 0 Å². The van der Waals surface area contributed by atoms with Gasteiger partial charge in [0.1, 0.15) is 0 Å². The van der Waals surface area contributed by atoms with E-state index in [2.05, 4.69) is 4.74 Å². The highest BCUT2D eigenvalue weighted by atomic mass is 16.6. The molecule has 0 spiro atoms. The second-order valence-electron chi connectivity index (χ2n) is 3.12. The smallest absolute Gasteiger partial charge is 0.159 e. The van der Waals surface area contributed by atoms with Crippen LogP contribution in [0.5, 0.6) is 0 Å². The molecule has 4 heteroatoms. The first-order chi connectivity index (χ1) is 5.45. The van der Waals surface area contributed by atoms with Crippen molar-refractivity contribution in [3.8, 4) is 0 Å². The van der Waals surface area contributed by atoms with Gasteiger partial charge in [-0.15, -0.1) is 0 Å². The van der Waals surface area contributed by atoms with Gasteiger partial charge in [-0.1, -0.05) is 0 Å². The molecule has 0 aromatic rings. The van der Waals surface area contributed by atoms with Gasteiger partial charge in [-0.2, -0.15) is 0 Å². The molecule has 1 fully saturated rings. The number of methoxy groups -OCH3 is 1.